The van der Waals surface area contributed by atoms with Crippen molar-refractivity contribution in [1.82, 2.24) is 4.72 Å². The molecule has 1 saturated heterocycles. The average Bonchev–Trinajstić information content (AvgIpc) is 2.68. The molecule has 2 atom stereocenters. The van der Waals surface area contributed by atoms with E-state index in [4.69, 9.17) is 9.84 Å². The summed E-state index contributed by atoms with van der Waals surface area (Å²) in [5, 5.41) is 8.89. The van der Waals surface area contributed by atoms with Crippen LogP contribution in [0.15, 0.2) is 23.1 Å². The summed E-state index contributed by atoms with van der Waals surface area (Å²) in [5.41, 5.74) is -1.15. The summed E-state index contributed by atoms with van der Waals surface area (Å²) in [6, 6.07) is 2.65. The lowest BCUT2D eigenvalue weighted by Gasteiger charge is -2.28. The molecule has 1 aromatic carbocycles. The van der Waals surface area contributed by atoms with Gasteiger partial charge in [0.2, 0.25) is 10.0 Å². The zero-order chi connectivity index (χ0) is 15.8. The molecule has 0 radical (unpaired) electrons. The van der Waals surface area contributed by atoms with Gasteiger partial charge in [-0.05, 0) is 38.5 Å². The molecule has 6 nitrogen and oxygen atoms in total. The summed E-state index contributed by atoms with van der Waals surface area (Å²) in [6.07, 6.45) is 0.0891. The van der Waals surface area contributed by atoms with Gasteiger partial charge in [-0.25, -0.2) is 22.3 Å². The predicted octanol–water partition coefficient (Wildman–Crippen LogP) is 1.37. The number of aromatic carboxylic acids is 1. The molecule has 0 aliphatic carbocycles. The van der Waals surface area contributed by atoms with Gasteiger partial charge in [0.25, 0.3) is 0 Å². The van der Waals surface area contributed by atoms with Crippen LogP contribution in [-0.4, -0.2) is 37.7 Å². The maximum atomic E-state index is 13.8. The maximum Gasteiger partial charge on any atom is 0.335 e. The molecule has 2 N–H and O–H groups in total. The number of benzene rings is 1. The number of rotatable bonds is 4. The Morgan fingerprint density at radius 2 is 2.19 bits per heavy atom. The van der Waals surface area contributed by atoms with E-state index in [1.54, 1.807) is 13.8 Å². The highest BCUT2D eigenvalue weighted by atomic mass is 32.2. The number of carboxylic acids is 1. The van der Waals surface area contributed by atoms with E-state index in [0.717, 1.165) is 18.2 Å². The minimum atomic E-state index is -4.19. The van der Waals surface area contributed by atoms with Crippen molar-refractivity contribution in [3.8, 4) is 0 Å². The van der Waals surface area contributed by atoms with Crippen molar-refractivity contribution >= 4 is 16.0 Å². The first-order valence-electron chi connectivity index (χ1n) is 6.34. The summed E-state index contributed by atoms with van der Waals surface area (Å²) in [4.78, 5) is 10.2. The van der Waals surface area contributed by atoms with Gasteiger partial charge < -0.3 is 9.84 Å². The summed E-state index contributed by atoms with van der Waals surface area (Å²) in [7, 11) is -4.19. The summed E-state index contributed by atoms with van der Waals surface area (Å²) < 4.78 is 46.2. The molecule has 0 aromatic heterocycles. The second kappa shape index (κ2) is 5.36. The lowest BCUT2D eigenvalue weighted by atomic mass is 9.97. The van der Waals surface area contributed by atoms with E-state index in [1.165, 1.54) is 0 Å². The fraction of sp³-hybridized carbons (Fsp3) is 0.462. The first-order valence-corrected chi connectivity index (χ1v) is 7.82. The van der Waals surface area contributed by atoms with Crippen LogP contribution in [0.2, 0.25) is 0 Å². The molecular formula is C13H16FNO5S. The Kier molecular flexibility index (Phi) is 4.05. The second-order valence-corrected chi connectivity index (χ2v) is 6.89. The van der Waals surface area contributed by atoms with Gasteiger partial charge >= 0.3 is 5.97 Å². The van der Waals surface area contributed by atoms with Crippen LogP contribution >= 0.6 is 0 Å². The van der Waals surface area contributed by atoms with E-state index in [1.807, 2.05) is 0 Å². The van der Waals surface area contributed by atoms with Crippen LogP contribution in [0.5, 0.6) is 0 Å². The Hall–Kier alpha value is -1.51. The molecule has 2 rings (SSSR count). The number of ether oxygens (including phenoxy) is 1. The predicted molar refractivity (Wildman–Crippen MR) is 72.1 cm³/mol. The minimum Gasteiger partial charge on any atom is -0.478 e. The normalized spacial score (nSPS) is 26.0. The highest BCUT2D eigenvalue weighted by molar-refractivity contribution is 7.89. The molecule has 0 spiro atoms. The lowest BCUT2D eigenvalue weighted by Crippen LogP contribution is -2.50. The molecule has 1 fully saturated rings. The fourth-order valence-corrected chi connectivity index (χ4v) is 3.77. The quantitative estimate of drug-likeness (QED) is 0.875. The number of sulfonamides is 1. The van der Waals surface area contributed by atoms with Gasteiger partial charge in [-0.15, -0.1) is 0 Å². The standard InChI is InChI=1S/C13H16FNO5S/c1-8-13(2,5-6-20-8)15-21(18,19)11-7-9(12(16)17)3-4-10(11)14/h3-4,7-8,15H,5-6H2,1-2H3,(H,16,17). The van der Waals surface area contributed by atoms with Crippen LogP contribution in [0, 0.1) is 5.82 Å². The number of carbonyl (C=O) groups is 1. The topological polar surface area (TPSA) is 92.7 Å². The Balaban J connectivity index is 2.40. The monoisotopic (exact) mass is 317 g/mol. The van der Waals surface area contributed by atoms with Crippen molar-refractivity contribution in [2.75, 3.05) is 6.61 Å². The minimum absolute atomic E-state index is 0.294. The third-order valence-corrected chi connectivity index (χ3v) is 5.35. The second-order valence-electron chi connectivity index (χ2n) is 5.24. The highest BCUT2D eigenvalue weighted by Gasteiger charge is 2.41. The molecule has 8 heteroatoms. The molecule has 0 saturated carbocycles. The Bertz CT molecular complexity index is 675. The number of halogens is 1. The highest BCUT2D eigenvalue weighted by Crippen LogP contribution is 2.28. The van der Waals surface area contributed by atoms with Crippen LogP contribution in [0.3, 0.4) is 0 Å². The Morgan fingerprint density at radius 1 is 1.52 bits per heavy atom. The third-order valence-electron chi connectivity index (χ3n) is 3.72. The summed E-state index contributed by atoms with van der Waals surface area (Å²) in [6.45, 7) is 3.79. The van der Waals surface area contributed by atoms with Gasteiger partial charge in [0.05, 0.1) is 17.2 Å². The fourth-order valence-electron chi connectivity index (χ4n) is 2.17. The average molecular weight is 317 g/mol. The van der Waals surface area contributed by atoms with E-state index < -0.39 is 32.2 Å². The van der Waals surface area contributed by atoms with Crippen LogP contribution in [0.1, 0.15) is 30.6 Å². The van der Waals surface area contributed by atoms with Crippen molar-refractivity contribution in [2.24, 2.45) is 0 Å². The van der Waals surface area contributed by atoms with Crippen molar-refractivity contribution in [3.05, 3.63) is 29.6 Å². The summed E-state index contributed by atoms with van der Waals surface area (Å²) in [5.74, 6) is -2.32. The van der Waals surface area contributed by atoms with E-state index >= 15 is 0 Å². The van der Waals surface area contributed by atoms with Gasteiger partial charge in [-0.1, -0.05) is 0 Å². The van der Waals surface area contributed by atoms with Gasteiger partial charge in [0, 0.05) is 6.61 Å². The van der Waals surface area contributed by atoms with E-state index in [0.29, 0.717) is 13.0 Å². The zero-order valence-electron chi connectivity index (χ0n) is 11.6. The van der Waals surface area contributed by atoms with Crippen molar-refractivity contribution in [1.29, 1.82) is 0 Å². The molecule has 116 valence electrons. The first kappa shape index (κ1) is 15.9. The van der Waals surface area contributed by atoms with E-state index in [2.05, 4.69) is 4.72 Å². The Labute approximate surface area is 122 Å². The van der Waals surface area contributed by atoms with Crippen molar-refractivity contribution < 1.29 is 27.4 Å². The smallest absolute Gasteiger partial charge is 0.335 e. The van der Waals surface area contributed by atoms with Gasteiger partial charge in [-0.3, -0.25) is 0 Å². The zero-order valence-corrected chi connectivity index (χ0v) is 12.4. The largest absolute Gasteiger partial charge is 0.478 e. The van der Waals surface area contributed by atoms with Gasteiger partial charge in [0.1, 0.15) is 10.7 Å². The maximum absolute atomic E-state index is 13.8. The van der Waals surface area contributed by atoms with E-state index in [9.17, 15) is 17.6 Å². The Morgan fingerprint density at radius 3 is 2.71 bits per heavy atom. The molecule has 2 unspecified atom stereocenters. The lowest BCUT2D eigenvalue weighted by molar-refractivity contribution is 0.0696. The SMILES string of the molecule is CC1OCCC1(C)NS(=O)(=O)c1cc(C(=O)O)ccc1F. The third kappa shape index (κ3) is 3.07. The number of nitrogens with one attached hydrogen (secondary N) is 1. The van der Waals surface area contributed by atoms with Crippen molar-refractivity contribution in [3.63, 3.8) is 0 Å². The molecule has 0 amide bonds. The van der Waals surface area contributed by atoms with Gasteiger partial charge in [-0.2, -0.15) is 0 Å². The molecule has 1 aliphatic rings. The number of hydrogen-bond donors (Lipinski definition) is 2. The summed E-state index contributed by atoms with van der Waals surface area (Å²) >= 11 is 0. The van der Waals surface area contributed by atoms with Crippen molar-refractivity contribution in [2.45, 2.75) is 36.8 Å². The van der Waals surface area contributed by atoms with Crippen LogP contribution in [0.25, 0.3) is 0 Å². The van der Waals surface area contributed by atoms with Crippen LogP contribution < -0.4 is 4.72 Å². The van der Waals surface area contributed by atoms with Crippen LogP contribution in [-0.2, 0) is 14.8 Å². The molecule has 1 aliphatic heterocycles. The van der Waals surface area contributed by atoms with Gasteiger partial charge in [0.15, 0.2) is 0 Å². The number of carboxylic acid groups (broad SMARTS) is 1. The van der Waals surface area contributed by atoms with Crippen LogP contribution in [0.4, 0.5) is 4.39 Å². The molecule has 21 heavy (non-hydrogen) atoms. The van der Waals surface area contributed by atoms with E-state index in [-0.39, 0.29) is 11.7 Å². The molecule has 1 heterocycles. The molecule has 0 bridgehead atoms. The first-order chi connectivity index (χ1) is 9.66. The molecule has 1 aromatic rings. The number of hydrogen-bond acceptors (Lipinski definition) is 4. The molecular weight excluding hydrogens is 301 g/mol.